The molecule has 1 atom stereocenters. The summed E-state index contributed by atoms with van der Waals surface area (Å²) in [5.74, 6) is 1.86. The zero-order chi connectivity index (χ0) is 20.9. The Labute approximate surface area is 176 Å². The maximum Gasteiger partial charge on any atom is 0.271 e. The molecule has 4 rings (SSSR count). The van der Waals surface area contributed by atoms with Crippen molar-refractivity contribution in [2.75, 3.05) is 26.7 Å². The van der Waals surface area contributed by atoms with E-state index in [0.29, 0.717) is 24.6 Å². The third-order valence-electron chi connectivity index (χ3n) is 5.58. The van der Waals surface area contributed by atoms with Crippen LogP contribution in [0.5, 0.6) is 0 Å². The van der Waals surface area contributed by atoms with Gasteiger partial charge in [-0.15, -0.1) is 0 Å². The first kappa shape index (κ1) is 20.6. The lowest BCUT2D eigenvalue weighted by Gasteiger charge is -2.27. The van der Waals surface area contributed by atoms with Gasteiger partial charge in [0.15, 0.2) is 0 Å². The summed E-state index contributed by atoms with van der Waals surface area (Å²) in [6, 6.07) is 7.88. The Morgan fingerprint density at radius 3 is 2.87 bits per heavy atom. The molecule has 8 heteroatoms. The molecule has 3 heterocycles. The fraction of sp³-hybridized carbons (Fsp3) is 0.500. The number of H-pyrrole nitrogens is 2. The summed E-state index contributed by atoms with van der Waals surface area (Å²) in [6.07, 6.45) is 4.61. The molecule has 8 nitrogen and oxygen atoms in total. The third kappa shape index (κ3) is 4.88. The lowest BCUT2D eigenvalue weighted by molar-refractivity contribution is 0.0273. The topological polar surface area (TPSA) is 98.9 Å². The van der Waals surface area contributed by atoms with Crippen LogP contribution in [0.15, 0.2) is 30.5 Å². The molecule has 3 N–H and O–H groups in total. The van der Waals surface area contributed by atoms with E-state index in [9.17, 15) is 4.79 Å². The summed E-state index contributed by atoms with van der Waals surface area (Å²) >= 11 is 0. The van der Waals surface area contributed by atoms with Gasteiger partial charge in [0, 0.05) is 12.5 Å². The number of carbonyl (C=O) groups excluding carboxylic acids is 1. The van der Waals surface area contributed by atoms with Crippen molar-refractivity contribution in [1.82, 2.24) is 30.2 Å². The summed E-state index contributed by atoms with van der Waals surface area (Å²) in [7, 11) is 2.13. The maximum absolute atomic E-state index is 12.8. The molecule has 0 spiro atoms. The highest BCUT2D eigenvalue weighted by Gasteiger charge is 2.23. The van der Waals surface area contributed by atoms with Gasteiger partial charge in [-0.2, -0.15) is 0 Å². The van der Waals surface area contributed by atoms with Gasteiger partial charge in [0.25, 0.3) is 5.91 Å². The van der Waals surface area contributed by atoms with Gasteiger partial charge in [-0.05, 0) is 51.5 Å². The van der Waals surface area contributed by atoms with E-state index in [2.05, 4.69) is 37.2 Å². The van der Waals surface area contributed by atoms with E-state index in [-0.39, 0.29) is 5.91 Å². The number of para-hydroxylation sites is 2. The van der Waals surface area contributed by atoms with Crippen LogP contribution in [0.2, 0.25) is 0 Å². The van der Waals surface area contributed by atoms with E-state index in [4.69, 9.17) is 4.74 Å². The van der Waals surface area contributed by atoms with Gasteiger partial charge in [0.05, 0.1) is 23.7 Å². The Balaban J connectivity index is 1.41. The first-order valence-corrected chi connectivity index (χ1v) is 10.7. The van der Waals surface area contributed by atoms with Gasteiger partial charge < -0.3 is 24.9 Å². The number of nitrogens with one attached hydrogen (secondary N) is 3. The molecule has 0 radical (unpaired) electrons. The highest BCUT2D eigenvalue weighted by Crippen LogP contribution is 2.25. The molecule has 0 bridgehead atoms. The second kappa shape index (κ2) is 9.40. The zero-order valence-corrected chi connectivity index (χ0v) is 17.6. The number of carbonyl (C=O) groups is 1. The van der Waals surface area contributed by atoms with Crippen molar-refractivity contribution in [3.05, 3.63) is 47.8 Å². The van der Waals surface area contributed by atoms with E-state index in [0.717, 1.165) is 55.0 Å². The standard InChI is InChI=1S/C22H30N6O2/c1-3-12-30-20(13-19-24-16-6-4-5-7-17(16)25-19)27-22(29)18-14-23-21(26-18)15-8-10-28(2)11-9-15/h4-7,14-15,20H,3,8-13H2,1-2H3,(H,23,26)(H,24,25)(H,27,29). The minimum Gasteiger partial charge on any atom is -0.358 e. The molecule has 1 aliphatic rings. The molecule has 1 aliphatic heterocycles. The highest BCUT2D eigenvalue weighted by molar-refractivity contribution is 5.92. The SMILES string of the molecule is CCCOC(Cc1nc2ccccc2[nH]1)NC(=O)c1cnc(C2CCN(C)CC2)[nH]1. The predicted octanol–water partition coefficient (Wildman–Crippen LogP) is 2.82. The molecule has 1 fully saturated rings. The molecule has 2 aromatic heterocycles. The van der Waals surface area contributed by atoms with Crippen molar-refractivity contribution in [1.29, 1.82) is 0 Å². The Morgan fingerprint density at radius 1 is 1.30 bits per heavy atom. The number of amides is 1. The summed E-state index contributed by atoms with van der Waals surface area (Å²) in [6.45, 7) is 4.71. The van der Waals surface area contributed by atoms with Crippen molar-refractivity contribution >= 4 is 16.9 Å². The molecule has 30 heavy (non-hydrogen) atoms. The zero-order valence-electron chi connectivity index (χ0n) is 17.6. The largest absolute Gasteiger partial charge is 0.358 e. The van der Waals surface area contributed by atoms with Gasteiger partial charge in [-0.1, -0.05) is 19.1 Å². The minimum atomic E-state index is -0.465. The minimum absolute atomic E-state index is 0.209. The number of likely N-dealkylation sites (tertiary alicyclic amines) is 1. The van der Waals surface area contributed by atoms with Crippen LogP contribution in [-0.4, -0.2) is 63.7 Å². The molecular weight excluding hydrogens is 380 g/mol. The molecule has 1 amide bonds. The lowest BCUT2D eigenvalue weighted by Crippen LogP contribution is -2.39. The van der Waals surface area contributed by atoms with Crippen LogP contribution in [0.3, 0.4) is 0 Å². The van der Waals surface area contributed by atoms with Gasteiger partial charge in [0.2, 0.25) is 0 Å². The normalized spacial score (nSPS) is 16.7. The summed E-state index contributed by atoms with van der Waals surface area (Å²) in [5, 5.41) is 2.98. The molecule has 1 saturated heterocycles. The average Bonchev–Trinajstić information content (AvgIpc) is 3.39. The van der Waals surface area contributed by atoms with Crippen LogP contribution in [0.4, 0.5) is 0 Å². The van der Waals surface area contributed by atoms with Crippen LogP contribution in [0, 0.1) is 0 Å². The fourth-order valence-corrected chi connectivity index (χ4v) is 3.86. The van der Waals surface area contributed by atoms with Crippen molar-refractivity contribution in [2.45, 2.75) is 44.8 Å². The Kier molecular flexibility index (Phi) is 6.44. The van der Waals surface area contributed by atoms with E-state index >= 15 is 0 Å². The van der Waals surface area contributed by atoms with Crippen LogP contribution in [0.25, 0.3) is 11.0 Å². The van der Waals surface area contributed by atoms with E-state index in [1.807, 2.05) is 31.2 Å². The number of aromatic amines is 2. The smallest absolute Gasteiger partial charge is 0.271 e. The number of nitrogens with zero attached hydrogens (tertiary/aromatic N) is 3. The molecule has 1 unspecified atom stereocenters. The molecular formula is C22H30N6O2. The Morgan fingerprint density at radius 2 is 2.10 bits per heavy atom. The highest BCUT2D eigenvalue weighted by atomic mass is 16.5. The second-order valence-corrected chi connectivity index (χ2v) is 8.00. The Bertz CT molecular complexity index is 940. The first-order chi connectivity index (χ1) is 14.6. The van der Waals surface area contributed by atoms with Gasteiger partial charge >= 0.3 is 0 Å². The van der Waals surface area contributed by atoms with Gasteiger partial charge in [0.1, 0.15) is 23.6 Å². The molecule has 0 aliphatic carbocycles. The predicted molar refractivity (Wildman–Crippen MR) is 115 cm³/mol. The molecule has 1 aromatic carbocycles. The summed E-state index contributed by atoms with van der Waals surface area (Å²) < 4.78 is 5.89. The fourth-order valence-electron chi connectivity index (χ4n) is 3.86. The third-order valence-corrected chi connectivity index (χ3v) is 5.58. The number of imidazole rings is 2. The van der Waals surface area contributed by atoms with Gasteiger partial charge in [-0.3, -0.25) is 4.79 Å². The molecule has 3 aromatic rings. The number of rotatable bonds is 8. The summed E-state index contributed by atoms with van der Waals surface area (Å²) in [4.78, 5) is 30.7. The second-order valence-electron chi connectivity index (χ2n) is 8.00. The van der Waals surface area contributed by atoms with Crippen molar-refractivity contribution < 1.29 is 9.53 Å². The van der Waals surface area contributed by atoms with Crippen LogP contribution >= 0.6 is 0 Å². The van der Waals surface area contributed by atoms with E-state index < -0.39 is 6.23 Å². The quantitative estimate of drug-likeness (QED) is 0.496. The lowest BCUT2D eigenvalue weighted by atomic mass is 9.97. The van der Waals surface area contributed by atoms with Crippen molar-refractivity contribution in [2.24, 2.45) is 0 Å². The summed E-state index contributed by atoms with van der Waals surface area (Å²) in [5.41, 5.74) is 2.35. The van der Waals surface area contributed by atoms with Gasteiger partial charge in [-0.25, -0.2) is 9.97 Å². The van der Waals surface area contributed by atoms with Crippen molar-refractivity contribution in [3.63, 3.8) is 0 Å². The molecule has 0 saturated carbocycles. The number of aromatic nitrogens is 4. The number of hydrogen-bond donors (Lipinski definition) is 3. The molecule has 160 valence electrons. The maximum atomic E-state index is 12.8. The monoisotopic (exact) mass is 410 g/mol. The van der Waals surface area contributed by atoms with E-state index in [1.165, 1.54) is 0 Å². The number of ether oxygens (including phenoxy) is 1. The van der Waals surface area contributed by atoms with Crippen molar-refractivity contribution in [3.8, 4) is 0 Å². The van der Waals surface area contributed by atoms with E-state index in [1.54, 1.807) is 6.20 Å². The average molecular weight is 411 g/mol. The first-order valence-electron chi connectivity index (χ1n) is 10.7. The van der Waals surface area contributed by atoms with Crippen LogP contribution < -0.4 is 5.32 Å². The number of benzene rings is 1. The number of piperidine rings is 1. The van der Waals surface area contributed by atoms with Crippen LogP contribution in [0.1, 0.15) is 54.2 Å². The number of hydrogen-bond acceptors (Lipinski definition) is 5. The number of fused-ring (bicyclic) bond motifs is 1. The Hall–Kier alpha value is -2.71. The van der Waals surface area contributed by atoms with Crippen LogP contribution in [-0.2, 0) is 11.2 Å².